The second kappa shape index (κ2) is 5.63. The fraction of sp³-hybridized carbons (Fsp3) is 0.273. The zero-order valence-corrected chi connectivity index (χ0v) is 9.79. The van der Waals surface area contributed by atoms with Gasteiger partial charge in [-0.25, -0.2) is 9.18 Å². The molecule has 0 saturated heterocycles. The molecule has 4 nitrogen and oxygen atoms in total. The van der Waals surface area contributed by atoms with Crippen molar-refractivity contribution < 1.29 is 19.1 Å². The molecule has 0 heterocycles. The molecule has 0 saturated carbocycles. The number of aryl methyl sites for hydroxylation is 1. The molecule has 0 aliphatic carbocycles. The van der Waals surface area contributed by atoms with Crippen LogP contribution in [0, 0.1) is 6.92 Å². The quantitative estimate of drug-likeness (QED) is 0.866. The molecule has 1 unspecified atom stereocenters. The third-order valence-electron chi connectivity index (χ3n) is 2.19. The predicted octanol–water partition coefficient (Wildman–Crippen LogP) is 1.80. The molecule has 2 N–H and O–H groups in total. The minimum absolute atomic E-state index is 0.195. The lowest BCUT2D eigenvalue weighted by atomic mass is 10.1. The first kappa shape index (κ1) is 13.4. The van der Waals surface area contributed by atoms with Gasteiger partial charge in [-0.05, 0) is 24.6 Å². The summed E-state index contributed by atoms with van der Waals surface area (Å²) in [6.07, 6.45) is 0. The van der Waals surface area contributed by atoms with Crippen molar-refractivity contribution in [2.45, 2.75) is 13.0 Å². The van der Waals surface area contributed by atoms with Gasteiger partial charge in [-0.2, -0.15) is 0 Å². The van der Waals surface area contributed by atoms with E-state index in [9.17, 15) is 14.0 Å². The number of carbonyl (C=O) groups excluding carboxylic acids is 1. The molecule has 0 aliphatic rings. The molecule has 0 spiro atoms. The summed E-state index contributed by atoms with van der Waals surface area (Å²) in [4.78, 5) is 22.1. The lowest BCUT2D eigenvalue weighted by molar-refractivity contribution is -0.139. The monoisotopic (exact) mass is 259 g/mol. The Morgan fingerprint density at radius 2 is 2.18 bits per heavy atom. The third-order valence-corrected chi connectivity index (χ3v) is 2.60. The van der Waals surface area contributed by atoms with Crippen LogP contribution in [-0.2, 0) is 4.79 Å². The summed E-state index contributed by atoms with van der Waals surface area (Å²) in [5.41, 5.74) is 0.990. The summed E-state index contributed by atoms with van der Waals surface area (Å²) >= 11 is 5.82. The molecule has 1 atom stereocenters. The van der Waals surface area contributed by atoms with Crippen molar-refractivity contribution >= 4 is 23.5 Å². The maximum absolute atomic E-state index is 12.3. The van der Waals surface area contributed by atoms with Gasteiger partial charge in [0.2, 0.25) is 0 Å². The molecule has 92 valence electrons. The number of hydrogen-bond donors (Lipinski definition) is 2. The van der Waals surface area contributed by atoms with Crippen LogP contribution in [0.25, 0.3) is 0 Å². The minimum atomic E-state index is -1.54. The van der Waals surface area contributed by atoms with E-state index in [1.54, 1.807) is 13.0 Å². The molecule has 1 rings (SSSR count). The molecule has 0 radical (unpaired) electrons. The zero-order valence-electron chi connectivity index (χ0n) is 9.04. The Kier molecular flexibility index (Phi) is 4.45. The van der Waals surface area contributed by atoms with Gasteiger partial charge < -0.3 is 10.4 Å². The van der Waals surface area contributed by atoms with Crippen molar-refractivity contribution in [2.75, 3.05) is 6.67 Å². The Bertz CT molecular complexity index is 450. The summed E-state index contributed by atoms with van der Waals surface area (Å²) in [6, 6.07) is 2.99. The van der Waals surface area contributed by atoms with E-state index in [0.29, 0.717) is 5.02 Å². The van der Waals surface area contributed by atoms with E-state index >= 15 is 0 Å². The van der Waals surface area contributed by atoms with Gasteiger partial charge >= 0.3 is 5.97 Å². The van der Waals surface area contributed by atoms with Gasteiger partial charge in [0.25, 0.3) is 5.91 Å². The standard InChI is InChI=1S/C11H11ClFNO3/c1-6-2-3-7(4-8(6)12)10(15)14-9(5-13)11(16)17/h2-4,9H,5H2,1H3,(H,14,15)(H,16,17). The first-order valence-electron chi connectivity index (χ1n) is 4.81. The minimum Gasteiger partial charge on any atom is -0.480 e. The first-order chi connectivity index (χ1) is 7.95. The van der Waals surface area contributed by atoms with Gasteiger partial charge in [-0.3, -0.25) is 4.79 Å². The number of rotatable bonds is 4. The van der Waals surface area contributed by atoms with Crippen molar-refractivity contribution in [1.29, 1.82) is 0 Å². The van der Waals surface area contributed by atoms with Gasteiger partial charge in [-0.15, -0.1) is 0 Å². The normalized spacial score (nSPS) is 11.9. The van der Waals surface area contributed by atoms with Crippen LogP contribution in [0.2, 0.25) is 5.02 Å². The van der Waals surface area contributed by atoms with Crippen LogP contribution >= 0.6 is 11.6 Å². The molecule has 0 fully saturated rings. The summed E-state index contributed by atoms with van der Waals surface area (Å²) < 4.78 is 12.3. The molecule has 1 amide bonds. The van der Waals surface area contributed by atoms with Crippen molar-refractivity contribution in [1.82, 2.24) is 5.32 Å². The van der Waals surface area contributed by atoms with Crippen LogP contribution in [0.1, 0.15) is 15.9 Å². The predicted molar refractivity (Wildman–Crippen MR) is 61.1 cm³/mol. The second-order valence-corrected chi connectivity index (χ2v) is 3.89. The highest BCUT2D eigenvalue weighted by Gasteiger charge is 2.20. The highest BCUT2D eigenvalue weighted by Crippen LogP contribution is 2.16. The van der Waals surface area contributed by atoms with Crippen molar-refractivity contribution in [3.8, 4) is 0 Å². The van der Waals surface area contributed by atoms with Crippen molar-refractivity contribution in [3.05, 3.63) is 34.3 Å². The number of benzene rings is 1. The van der Waals surface area contributed by atoms with Gasteiger partial charge in [0.05, 0.1) is 0 Å². The lowest BCUT2D eigenvalue weighted by Crippen LogP contribution is -2.42. The topological polar surface area (TPSA) is 66.4 Å². The molecule has 6 heteroatoms. The number of aliphatic carboxylic acids is 1. The molecule has 17 heavy (non-hydrogen) atoms. The summed E-state index contributed by atoms with van der Waals surface area (Å²) in [5, 5.41) is 11.0. The van der Waals surface area contributed by atoms with Crippen LogP contribution in [0.3, 0.4) is 0 Å². The maximum Gasteiger partial charge on any atom is 0.328 e. The number of amides is 1. The number of nitrogens with one attached hydrogen (secondary N) is 1. The van der Waals surface area contributed by atoms with Crippen LogP contribution < -0.4 is 5.32 Å². The van der Waals surface area contributed by atoms with Gasteiger partial charge in [-0.1, -0.05) is 17.7 Å². The first-order valence-corrected chi connectivity index (χ1v) is 5.19. The number of halogens is 2. The van der Waals surface area contributed by atoms with Gasteiger partial charge in [0, 0.05) is 10.6 Å². The van der Waals surface area contributed by atoms with Gasteiger partial charge in [0.1, 0.15) is 6.67 Å². The number of hydrogen-bond acceptors (Lipinski definition) is 2. The van der Waals surface area contributed by atoms with Crippen LogP contribution in [-0.4, -0.2) is 29.7 Å². The lowest BCUT2D eigenvalue weighted by Gasteiger charge is -2.11. The summed E-state index contributed by atoms with van der Waals surface area (Å²) in [6.45, 7) is 0.603. The van der Waals surface area contributed by atoms with Crippen LogP contribution in [0.5, 0.6) is 0 Å². The average molecular weight is 260 g/mol. The summed E-state index contributed by atoms with van der Waals surface area (Å²) in [5.74, 6) is -2.09. The molecular formula is C11H11ClFNO3. The van der Waals surface area contributed by atoms with E-state index in [-0.39, 0.29) is 5.56 Å². The molecule has 1 aromatic rings. The fourth-order valence-corrected chi connectivity index (χ4v) is 1.32. The second-order valence-electron chi connectivity index (χ2n) is 3.48. The van der Waals surface area contributed by atoms with E-state index in [2.05, 4.69) is 5.32 Å². The average Bonchev–Trinajstić information content (AvgIpc) is 2.28. The Balaban J connectivity index is 2.82. The molecule has 0 aromatic heterocycles. The Hall–Kier alpha value is -1.62. The number of alkyl halides is 1. The largest absolute Gasteiger partial charge is 0.480 e. The molecule has 0 aliphatic heterocycles. The van der Waals surface area contributed by atoms with Crippen molar-refractivity contribution in [2.24, 2.45) is 0 Å². The summed E-state index contributed by atoms with van der Waals surface area (Å²) in [7, 11) is 0. The number of carbonyl (C=O) groups is 2. The Labute approximate surface area is 102 Å². The van der Waals surface area contributed by atoms with Gasteiger partial charge in [0.15, 0.2) is 6.04 Å². The van der Waals surface area contributed by atoms with E-state index in [1.807, 2.05) is 0 Å². The zero-order chi connectivity index (χ0) is 13.0. The molecule has 1 aromatic carbocycles. The van der Waals surface area contributed by atoms with E-state index in [1.165, 1.54) is 12.1 Å². The molecule has 0 bridgehead atoms. The van der Waals surface area contributed by atoms with Crippen molar-refractivity contribution in [3.63, 3.8) is 0 Å². The Morgan fingerprint density at radius 3 is 2.65 bits per heavy atom. The highest BCUT2D eigenvalue weighted by molar-refractivity contribution is 6.31. The number of carboxylic acids is 1. The highest BCUT2D eigenvalue weighted by atomic mass is 35.5. The third kappa shape index (κ3) is 3.42. The number of carboxylic acid groups (broad SMARTS) is 1. The maximum atomic E-state index is 12.3. The van der Waals surface area contributed by atoms with E-state index < -0.39 is 24.6 Å². The Morgan fingerprint density at radius 1 is 1.53 bits per heavy atom. The molecular weight excluding hydrogens is 249 g/mol. The van der Waals surface area contributed by atoms with E-state index in [0.717, 1.165) is 5.56 Å². The fourth-order valence-electron chi connectivity index (χ4n) is 1.14. The smallest absolute Gasteiger partial charge is 0.328 e. The van der Waals surface area contributed by atoms with Crippen LogP contribution in [0.15, 0.2) is 18.2 Å². The van der Waals surface area contributed by atoms with Crippen LogP contribution in [0.4, 0.5) is 4.39 Å². The van der Waals surface area contributed by atoms with E-state index in [4.69, 9.17) is 16.7 Å². The SMILES string of the molecule is Cc1ccc(C(=O)NC(CF)C(=O)O)cc1Cl.